The van der Waals surface area contributed by atoms with Crippen LogP contribution in [0.4, 0.5) is 5.95 Å². The van der Waals surface area contributed by atoms with Crippen molar-refractivity contribution >= 4 is 11.9 Å². The molecule has 104 valence electrons. The second-order valence-electron chi connectivity index (χ2n) is 5.28. The standard InChI is InChI=1S/C13H20N4O2/c1-19-9-10-3-6-16(7-10)12(18)11-8-17-5-2-4-14-13(17)15-11/h8,10H,2-7,9H2,1H3,(H,14,15). The van der Waals surface area contributed by atoms with E-state index >= 15 is 0 Å². The molecule has 1 aromatic rings. The van der Waals surface area contributed by atoms with Gasteiger partial charge in [0.2, 0.25) is 5.95 Å². The van der Waals surface area contributed by atoms with Gasteiger partial charge in [-0.2, -0.15) is 0 Å². The molecule has 1 atom stereocenters. The van der Waals surface area contributed by atoms with Gasteiger partial charge < -0.3 is 19.5 Å². The molecule has 1 N–H and O–H groups in total. The Kier molecular flexibility index (Phi) is 3.42. The number of hydrogen-bond acceptors (Lipinski definition) is 4. The van der Waals surface area contributed by atoms with Crippen molar-refractivity contribution in [1.82, 2.24) is 14.5 Å². The van der Waals surface area contributed by atoms with Crippen molar-refractivity contribution in [2.75, 3.05) is 38.7 Å². The van der Waals surface area contributed by atoms with Crippen molar-refractivity contribution in [1.29, 1.82) is 0 Å². The second kappa shape index (κ2) is 5.21. The smallest absolute Gasteiger partial charge is 0.274 e. The summed E-state index contributed by atoms with van der Waals surface area (Å²) in [5.74, 6) is 1.33. The van der Waals surface area contributed by atoms with Gasteiger partial charge in [-0.15, -0.1) is 0 Å². The Hall–Kier alpha value is -1.56. The third-order valence-corrected chi connectivity index (χ3v) is 3.83. The molecule has 1 fully saturated rings. The van der Waals surface area contributed by atoms with E-state index in [1.165, 1.54) is 0 Å². The van der Waals surface area contributed by atoms with Crippen LogP contribution in [0.2, 0.25) is 0 Å². The molecule has 3 heterocycles. The van der Waals surface area contributed by atoms with Gasteiger partial charge in [0.1, 0.15) is 5.69 Å². The van der Waals surface area contributed by atoms with Crippen molar-refractivity contribution in [3.05, 3.63) is 11.9 Å². The monoisotopic (exact) mass is 264 g/mol. The first-order chi connectivity index (χ1) is 9.28. The number of methoxy groups -OCH3 is 1. The Labute approximate surface area is 112 Å². The molecule has 0 bridgehead atoms. The van der Waals surface area contributed by atoms with E-state index in [-0.39, 0.29) is 5.91 Å². The molecule has 0 aromatic carbocycles. The normalized spacial score (nSPS) is 22.2. The van der Waals surface area contributed by atoms with E-state index < -0.39 is 0 Å². The molecule has 0 radical (unpaired) electrons. The van der Waals surface area contributed by atoms with Crippen LogP contribution in [-0.4, -0.2) is 53.7 Å². The van der Waals surface area contributed by atoms with Crippen LogP contribution in [0.25, 0.3) is 0 Å². The highest BCUT2D eigenvalue weighted by molar-refractivity contribution is 5.92. The Morgan fingerprint density at radius 2 is 2.47 bits per heavy atom. The van der Waals surface area contributed by atoms with E-state index in [0.717, 1.165) is 51.6 Å². The minimum Gasteiger partial charge on any atom is -0.384 e. The average Bonchev–Trinajstić information content (AvgIpc) is 3.04. The maximum absolute atomic E-state index is 12.4. The highest BCUT2D eigenvalue weighted by atomic mass is 16.5. The first kappa shape index (κ1) is 12.5. The number of ether oxygens (including phenoxy) is 1. The molecule has 0 aliphatic carbocycles. The van der Waals surface area contributed by atoms with E-state index in [9.17, 15) is 4.79 Å². The molecule has 1 aromatic heterocycles. The van der Waals surface area contributed by atoms with Crippen LogP contribution in [0, 0.1) is 5.92 Å². The van der Waals surface area contributed by atoms with Gasteiger partial charge in [0.15, 0.2) is 0 Å². The maximum Gasteiger partial charge on any atom is 0.274 e. The van der Waals surface area contributed by atoms with Gasteiger partial charge in [0.25, 0.3) is 5.91 Å². The second-order valence-corrected chi connectivity index (χ2v) is 5.28. The number of fused-ring (bicyclic) bond motifs is 1. The molecular weight excluding hydrogens is 244 g/mol. The van der Waals surface area contributed by atoms with Crippen molar-refractivity contribution in [2.24, 2.45) is 5.92 Å². The third kappa shape index (κ3) is 2.45. The number of likely N-dealkylation sites (tertiary alicyclic amines) is 1. The number of hydrogen-bond donors (Lipinski definition) is 1. The molecule has 6 nitrogen and oxygen atoms in total. The zero-order chi connectivity index (χ0) is 13.2. The molecule has 3 rings (SSSR count). The molecule has 6 heteroatoms. The van der Waals surface area contributed by atoms with Crippen LogP contribution < -0.4 is 5.32 Å². The van der Waals surface area contributed by atoms with Crippen LogP contribution in [0.3, 0.4) is 0 Å². The number of carbonyl (C=O) groups is 1. The van der Waals surface area contributed by atoms with E-state index in [1.54, 1.807) is 7.11 Å². The molecule has 2 aliphatic rings. The first-order valence-electron chi connectivity index (χ1n) is 6.87. The van der Waals surface area contributed by atoms with Crippen LogP contribution in [0.5, 0.6) is 0 Å². The number of nitrogens with one attached hydrogen (secondary N) is 1. The average molecular weight is 264 g/mol. The fourth-order valence-electron chi connectivity index (χ4n) is 2.83. The number of anilines is 1. The maximum atomic E-state index is 12.4. The van der Waals surface area contributed by atoms with Gasteiger partial charge >= 0.3 is 0 Å². The Bertz CT molecular complexity index is 448. The van der Waals surface area contributed by atoms with E-state index in [4.69, 9.17) is 4.74 Å². The van der Waals surface area contributed by atoms with E-state index in [2.05, 4.69) is 10.3 Å². The lowest BCUT2D eigenvalue weighted by molar-refractivity contribution is 0.0770. The summed E-state index contributed by atoms with van der Waals surface area (Å²) in [7, 11) is 1.71. The molecule has 1 saturated heterocycles. The number of carbonyl (C=O) groups excluding carboxylic acids is 1. The lowest BCUT2D eigenvalue weighted by atomic mass is 10.1. The van der Waals surface area contributed by atoms with Crippen LogP contribution in [-0.2, 0) is 11.3 Å². The number of aryl methyl sites for hydroxylation is 1. The number of imidazole rings is 1. The van der Waals surface area contributed by atoms with E-state index in [0.29, 0.717) is 11.6 Å². The van der Waals surface area contributed by atoms with Crippen molar-refractivity contribution in [3.63, 3.8) is 0 Å². The Balaban J connectivity index is 1.69. The topological polar surface area (TPSA) is 59.4 Å². The van der Waals surface area contributed by atoms with Crippen molar-refractivity contribution in [3.8, 4) is 0 Å². The van der Waals surface area contributed by atoms with Crippen LogP contribution >= 0.6 is 0 Å². The summed E-state index contributed by atoms with van der Waals surface area (Å²) in [6, 6.07) is 0. The molecule has 0 spiro atoms. The summed E-state index contributed by atoms with van der Waals surface area (Å²) in [5, 5.41) is 3.22. The SMILES string of the molecule is COCC1CCN(C(=O)c2cn3c(n2)NCCC3)C1. The fourth-order valence-corrected chi connectivity index (χ4v) is 2.83. The fraction of sp³-hybridized carbons (Fsp3) is 0.692. The largest absolute Gasteiger partial charge is 0.384 e. The van der Waals surface area contributed by atoms with Gasteiger partial charge in [-0.1, -0.05) is 0 Å². The van der Waals surface area contributed by atoms with Crippen molar-refractivity contribution in [2.45, 2.75) is 19.4 Å². The molecule has 1 unspecified atom stereocenters. The lowest BCUT2D eigenvalue weighted by Gasteiger charge is -2.14. The number of amides is 1. The molecule has 1 amide bonds. The molecule has 0 saturated carbocycles. The third-order valence-electron chi connectivity index (χ3n) is 3.83. The van der Waals surface area contributed by atoms with E-state index in [1.807, 2.05) is 15.7 Å². The minimum atomic E-state index is 0.0438. The molecular formula is C13H20N4O2. The number of rotatable bonds is 3. The predicted octanol–water partition coefficient (Wildman–Crippen LogP) is 0.807. The van der Waals surface area contributed by atoms with Crippen molar-refractivity contribution < 1.29 is 9.53 Å². The Morgan fingerprint density at radius 3 is 3.26 bits per heavy atom. The predicted molar refractivity (Wildman–Crippen MR) is 71.2 cm³/mol. The first-order valence-corrected chi connectivity index (χ1v) is 6.87. The van der Waals surface area contributed by atoms with Crippen LogP contribution in [0.1, 0.15) is 23.3 Å². The molecule has 19 heavy (non-hydrogen) atoms. The lowest BCUT2D eigenvalue weighted by Crippen LogP contribution is -2.29. The summed E-state index contributed by atoms with van der Waals surface area (Å²) in [4.78, 5) is 18.7. The van der Waals surface area contributed by atoms with Gasteiger partial charge in [-0.25, -0.2) is 4.98 Å². The summed E-state index contributed by atoms with van der Waals surface area (Å²) < 4.78 is 7.19. The van der Waals surface area contributed by atoms with Crippen LogP contribution in [0.15, 0.2) is 6.20 Å². The van der Waals surface area contributed by atoms with Gasteiger partial charge in [-0.05, 0) is 12.8 Å². The summed E-state index contributed by atoms with van der Waals surface area (Å²) in [6.45, 7) is 4.19. The van der Waals surface area contributed by atoms with Gasteiger partial charge in [0, 0.05) is 45.4 Å². The highest BCUT2D eigenvalue weighted by Crippen LogP contribution is 2.20. The Morgan fingerprint density at radius 1 is 1.58 bits per heavy atom. The number of nitrogens with zero attached hydrogens (tertiary/aromatic N) is 3. The van der Waals surface area contributed by atoms with Gasteiger partial charge in [-0.3, -0.25) is 4.79 Å². The zero-order valence-corrected chi connectivity index (χ0v) is 11.3. The zero-order valence-electron chi connectivity index (χ0n) is 11.3. The quantitative estimate of drug-likeness (QED) is 0.877. The summed E-state index contributed by atoms with van der Waals surface area (Å²) >= 11 is 0. The summed E-state index contributed by atoms with van der Waals surface area (Å²) in [6.07, 6.45) is 3.97. The number of aromatic nitrogens is 2. The minimum absolute atomic E-state index is 0.0438. The summed E-state index contributed by atoms with van der Waals surface area (Å²) in [5.41, 5.74) is 0.558. The van der Waals surface area contributed by atoms with Gasteiger partial charge in [0.05, 0.1) is 6.61 Å². The highest BCUT2D eigenvalue weighted by Gasteiger charge is 2.28. The molecule has 2 aliphatic heterocycles.